The predicted molar refractivity (Wildman–Crippen MR) is 124 cm³/mol. The molecule has 2 aromatic carbocycles. The summed E-state index contributed by atoms with van der Waals surface area (Å²) in [5, 5.41) is 11.7. The number of fused-ring (bicyclic) bond motifs is 1. The van der Waals surface area contributed by atoms with Crippen LogP contribution >= 0.6 is 11.8 Å². The molecule has 1 aliphatic heterocycles. The number of carbonyl (C=O) groups is 2. The molecular formula is C23H21N3O5S. The number of amides is 2. The number of nitrogens with zero attached hydrogens (tertiary/aromatic N) is 3. The summed E-state index contributed by atoms with van der Waals surface area (Å²) in [5.41, 5.74) is 0.920. The van der Waals surface area contributed by atoms with Crippen LogP contribution < -0.4 is 10.3 Å². The Hall–Kier alpha value is -3.59. The quantitative estimate of drug-likeness (QED) is 0.555. The molecule has 0 atom stereocenters. The second-order valence-corrected chi connectivity index (χ2v) is 8.08. The highest BCUT2D eigenvalue weighted by atomic mass is 32.2. The van der Waals surface area contributed by atoms with Crippen molar-refractivity contribution in [1.29, 1.82) is 0 Å². The lowest BCUT2D eigenvalue weighted by Gasteiger charge is -2.14. The number of aliphatic imine (C=N–C) groups is 1. The van der Waals surface area contributed by atoms with Gasteiger partial charge in [0.1, 0.15) is 5.75 Å². The lowest BCUT2D eigenvalue weighted by molar-refractivity contribution is -0.124. The summed E-state index contributed by atoms with van der Waals surface area (Å²) in [6.45, 7) is 0.545. The van der Waals surface area contributed by atoms with Gasteiger partial charge in [-0.25, -0.2) is 0 Å². The molecule has 0 spiro atoms. The Morgan fingerprint density at radius 3 is 2.47 bits per heavy atom. The molecule has 0 saturated carbocycles. The van der Waals surface area contributed by atoms with Crippen LogP contribution in [0.3, 0.4) is 0 Å². The van der Waals surface area contributed by atoms with Crippen molar-refractivity contribution in [3.63, 3.8) is 0 Å². The van der Waals surface area contributed by atoms with Crippen molar-refractivity contribution < 1.29 is 19.4 Å². The van der Waals surface area contributed by atoms with E-state index < -0.39 is 0 Å². The number of hydrogen-bond acceptors (Lipinski definition) is 7. The molecule has 0 unspecified atom stereocenters. The van der Waals surface area contributed by atoms with E-state index in [4.69, 9.17) is 4.74 Å². The van der Waals surface area contributed by atoms with Gasteiger partial charge in [-0.15, -0.1) is 0 Å². The van der Waals surface area contributed by atoms with E-state index in [9.17, 15) is 19.5 Å². The highest BCUT2D eigenvalue weighted by molar-refractivity contribution is 8.14. The number of carbonyl (C=O) groups excluding carboxylic acids is 2. The summed E-state index contributed by atoms with van der Waals surface area (Å²) in [5.74, 6) is 0.434. The minimum Gasteiger partial charge on any atom is -0.497 e. The van der Waals surface area contributed by atoms with Crippen LogP contribution in [0.2, 0.25) is 0 Å². The first-order valence-corrected chi connectivity index (χ1v) is 10.9. The molecule has 1 fully saturated rings. The molecule has 8 nitrogen and oxygen atoms in total. The summed E-state index contributed by atoms with van der Waals surface area (Å²) in [6, 6.07) is 14.2. The average Bonchev–Trinajstić information content (AvgIpc) is 3.13. The first-order chi connectivity index (χ1) is 15.5. The zero-order valence-corrected chi connectivity index (χ0v) is 18.2. The van der Waals surface area contributed by atoms with Gasteiger partial charge in [-0.05, 0) is 23.8 Å². The van der Waals surface area contributed by atoms with Crippen molar-refractivity contribution in [1.82, 2.24) is 9.47 Å². The second-order valence-electron chi connectivity index (χ2n) is 7.16. The standard InChI is InChI=1S/C23H21N3O5S/c1-31-16-8-6-15(7-9-16)13-26-21(28)18-5-3-2-4-17(18)19(22(26)29)12-24-10-11-25-20(27)14-32-23(25)30/h2-9,12,29H,10-11,13-14H2,1H3. The van der Waals surface area contributed by atoms with Crippen LogP contribution in [-0.2, 0) is 11.3 Å². The average molecular weight is 452 g/mol. The van der Waals surface area contributed by atoms with Crippen LogP contribution in [0.15, 0.2) is 58.3 Å². The first-order valence-electron chi connectivity index (χ1n) is 9.94. The van der Waals surface area contributed by atoms with E-state index in [1.807, 2.05) is 12.1 Å². The monoisotopic (exact) mass is 451 g/mol. The van der Waals surface area contributed by atoms with Crippen LogP contribution in [0.25, 0.3) is 10.8 Å². The molecule has 32 heavy (non-hydrogen) atoms. The maximum atomic E-state index is 13.1. The number of imide groups is 1. The number of benzene rings is 2. The zero-order chi connectivity index (χ0) is 22.7. The normalized spacial score (nSPS) is 14.1. The molecule has 1 aromatic heterocycles. The van der Waals surface area contributed by atoms with Crippen molar-refractivity contribution >= 4 is 39.9 Å². The molecule has 1 aliphatic rings. The van der Waals surface area contributed by atoms with E-state index in [-0.39, 0.29) is 48.0 Å². The van der Waals surface area contributed by atoms with Gasteiger partial charge in [0, 0.05) is 23.5 Å². The minimum absolute atomic E-state index is 0.157. The number of rotatable bonds is 7. The molecule has 1 N–H and O–H groups in total. The summed E-state index contributed by atoms with van der Waals surface area (Å²) in [6.07, 6.45) is 1.49. The fourth-order valence-electron chi connectivity index (χ4n) is 3.51. The van der Waals surface area contributed by atoms with Gasteiger partial charge >= 0.3 is 0 Å². The van der Waals surface area contributed by atoms with E-state index in [1.54, 1.807) is 43.5 Å². The summed E-state index contributed by atoms with van der Waals surface area (Å²) in [7, 11) is 1.58. The molecule has 2 amide bonds. The Bertz CT molecular complexity index is 1250. The van der Waals surface area contributed by atoms with Gasteiger partial charge < -0.3 is 9.84 Å². The minimum atomic E-state index is -0.309. The van der Waals surface area contributed by atoms with Crippen molar-refractivity contribution in [3.05, 3.63) is 70.0 Å². The van der Waals surface area contributed by atoms with Crippen LogP contribution in [0.5, 0.6) is 11.6 Å². The number of aromatic nitrogens is 1. The predicted octanol–water partition coefficient (Wildman–Crippen LogP) is 2.88. The van der Waals surface area contributed by atoms with Crippen molar-refractivity contribution in [2.45, 2.75) is 6.54 Å². The zero-order valence-electron chi connectivity index (χ0n) is 17.4. The molecule has 3 aromatic rings. The summed E-state index contributed by atoms with van der Waals surface area (Å²) in [4.78, 5) is 42.0. The third-order valence-corrected chi connectivity index (χ3v) is 6.06. The number of aromatic hydroxyl groups is 1. The fourth-order valence-corrected chi connectivity index (χ4v) is 4.26. The Balaban J connectivity index is 1.65. The maximum absolute atomic E-state index is 13.1. The third kappa shape index (κ3) is 4.24. The maximum Gasteiger partial charge on any atom is 0.288 e. The van der Waals surface area contributed by atoms with Gasteiger partial charge in [0.25, 0.3) is 10.8 Å². The highest BCUT2D eigenvalue weighted by Crippen LogP contribution is 2.24. The van der Waals surface area contributed by atoms with Crippen LogP contribution in [0, 0.1) is 0 Å². The Labute approximate surface area is 188 Å². The Morgan fingerprint density at radius 1 is 1.09 bits per heavy atom. The first kappa shape index (κ1) is 21.6. The van der Waals surface area contributed by atoms with Gasteiger partial charge in [0.15, 0.2) is 0 Å². The smallest absolute Gasteiger partial charge is 0.288 e. The Morgan fingerprint density at radius 2 is 1.81 bits per heavy atom. The van der Waals surface area contributed by atoms with Gasteiger partial charge in [-0.1, -0.05) is 42.1 Å². The number of hydrogen-bond donors (Lipinski definition) is 1. The second kappa shape index (κ2) is 9.27. The molecular weight excluding hydrogens is 430 g/mol. The van der Waals surface area contributed by atoms with E-state index in [0.717, 1.165) is 17.3 Å². The molecule has 164 valence electrons. The van der Waals surface area contributed by atoms with Crippen LogP contribution in [-0.4, -0.2) is 57.9 Å². The number of pyridine rings is 1. The molecule has 0 bridgehead atoms. The van der Waals surface area contributed by atoms with Gasteiger partial charge in [0.05, 0.1) is 31.5 Å². The lowest BCUT2D eigenvalue weighted by atomic mass is 10.1. The third-order valence-electron chi connectivity index (χ3n) is 5.20. The van der Waals surface area contributed by atoms with E-state index in [0.29, 0.717) is 22.1 Å². The van der Waals surface area contributed by atoms with Gasteiger partial charge in [-0.3, -0.25) is 28.8 Å². The molecule has 1 saturated heterocycles. The van der Waals surface area contributed by atoms with E-state index in [2.05, 4.69) is 4.99 Å². The van der Waals surface area contributed by atoms with Crippen LogP contribution in [0.4, 0.5) is 4.79 Å². The molecule has 2 heterocycles. The lowest BCUT2D eigenvalue weighted by Crippen LogP contribution is -2.31. The molecule has 9 heteroatoms. The van der Waals surface area contributed by atoms with Gasteiger partial charge in [-0.2, -0.15) is 0 Å². The van der Waals surface area contributed by atoms with Crippen molar-refractivity contribution in [2.75, 3.05) is 26.0 Å². The number of thioether (sulfide) groups is 1. The topological polar surface area (TPSA) is 101 Å². The van der Waals surface area contributed by atoms with Crippen LogP contribution in [0.1, 0.15) is 11.1 Å². The molecule has 4 rings (SSSR count). The number of ether oxygens (including phenoxy) is 1. The molecule has 0 radical (unpaired) electrons. The fraction of sp³-hybridized carbons (Fsp3) is 0.217. The summed E-state index contributed by atoms with van der Waals surface area (Å²) >= 11 is 0.979. The molecule has 0 aliphatic carbocycles. The van der Waals surface area contributed by atoms with Crippen molar-refractivity contribution in [3.8, 4) is 11.6 Å². The van der Waals surface area contributed by atoms with E-state index in [1.165, 1.54) is 15.7 Å². The van der Waals surface area contributed by atoms with Crippen molar-refractivity contribution in [2.24, 2.45) is 4.99 Å². The van der Waals surface area contributed by atoms with E-state index >= 15 is 0 Å². The SMILES string of the molecule is COc1ccc(Cn2c(O)c(C=NCCN3C(=O)CSC3=O)c3ccccc3c2=O)cc1. The highest BCUT2D eigenvalue weighted by Gasteiger charge is 2.29. The van der Waals surface area contributed by atoms with Gasteiger partial charge in [0.2, 0.25) is 11.8 Å². The summed E-state index contributed by atoms with van der Waals surface area (Å²) < 4.78 is 6.47. The number of methoxy groups -OCH3 is 1. The largest absolute Gasteiger partial charge is 0.497 e. The Kier molecular flexibility index (Phi) is 6.27.